The molecule has 2 aromatic rings. The molecule has 5 rings (SSSR count). The molecule has 1 atom stereocenters. The normalized spacial score (nSPS) is 21.4. The number of amides is 2. The zero-order chi connectivity index (χ0) is 28.2. The van der Waals surface area contributed by atoms with Crippen molar-refractivity contribution in [2.75, 3.05) is 25.0 Å². The molecule has 2 aliphatic heterocycles. The fraction of sp³-hybridized carbons (Fsp3) is 0.500. The van der Waals surface area contributed by atoms with E-state index >= 15 is 0 Å². The summed E-state index contributed by atoms with van der Waals surface area (Å²) in [5.41, 5.74) is -1.69. The van der Waals surface area contributed by atoms with Crippen molar-refractivity contribution in [3.8, 4) is 0 Å². The average Bonchev–Trinajstić information content (AvgIpc) is 3.46. The van der Waals surface area contributed by atoms with Crippen LogP contribution in [-0.2, 0) is 41.5 Å². The van der Waals surface area contributed by atoms with Gasteiger partial charge in [-0.25, -0.2) is 0 Å². The zero-order valence-corrected chi connectivity index (χ0v) is 21.4. The second kappa shape index (κ2) is 9.83. The molecule has 210 valence electrons. The van der Waals surface area contributed by atoms with Crippen LogP contribution in [0.1, 0.15) is 53.5 Å². The van der Waals surface area contributed by atoms with Gasteiger partial charge in [-0.2, -0.15) is 26.3 Å². The van der Waals surface area contributed by atoms with E-state index in [1.807, 2.05) is 0 Å². The van der Waals surface area contributed by atoms with Gasteiger partial charge in [-0.1, -0.05) is 25.0 Å². The maximum Gasteiger partial charge on any atom is 0.416 e. The fourth-order valence-electron chi connectivity index (χ4n) is 5.73. The molecule has 1 aliphatic carbocycles. The first-order valence-electron chi connectivity index (χ1n) is 12.9. The molecule has 2 amide bonds. The molecule has 0 spiro atoms. The largest absolute Gasteiger partial charge is 0.416 e. The second-order valence-corrected chi connectivity index (χ2v) is 11.0. The van der Waals surface area contributed by atoms with Gasteiger partial charge in [-0.15, -0.1) is 0 Å². The van der Waals surface area contributed by atoms with Gasteiger partial charge in [0, 0.05) is 32.4 Å². The Balaban J connectivity index is 1.52. The molecule has 39 heavy (non-hydrogen) atoms. The Labute approximate surface area is 222 Å². The summed E-state index contributed by atoms with van der Waals surface area (Å²) in [5, 5.41) is 3.22. The lowest BCUT2D eigenvalue weighted by Gasteiger charge is -2.35. The first-order valence-corrected chi connectivity index (χ1v) is 12.9. The number of anilines is 1. The third kappa shape index (κ3) is 5.78. The molecule has 2 aromatic carbocycles. The van der Waals surface area contributed by atoms with Crippen molar-refractivity contribution in [3.63, 3.8) is 0 Å². The maximum atomic E-state index is 14.1. The van der Waals surface area contributed by atoms with Gasteiger partial charge in [0.1, 0.15) is 0 Å². The minimum atomic E-state index is -4.98. The number of fused-ring (bicyclic) bond motifs is 1. The minimum Gasteiger partial charge on any atom is -0.334 e. The topological polar surface area (TPSA) is 52.7 Å². The molecular formula is C28H29F6N3O2. The van der Waals surface area contributed by atoms with Crippen LogP contribution in [-0.4, -0.2) is 36.9 Å². The predicted molar refractivity (Wildman–Crippen MR) is 132 cm³/mol. The molecule has 2 heterocycles. The predicted octanol–water partition coefficient (Wildman–Crippen LogP) is 5.55. The smallest absolute Gasteiger partial charge is 0.334 e. The number of nitrogens with zero attached hydrogens (tertiary/aromatic N) is 2. The molecule has 1 saturated heterocycles. The number of benzene rings is 2. The molecule has 0 bridgehead atoms. The summed E-state index contributed by atoms with van der Waals surface area (Å²) in [6, 6.07) is 6.75. The summed E-state index contributed by atoms with van der Waals surface area (Å²) in [5.74, 6) is 0.0233. The van der Waals surface area contributed by atoms with Crippen LogP contribution in [0.3, 0.4) is 0 Å². The van der Waals surface area contributed by atoms with Crippen molar-refractivity contribution in [1.29, 1.82) is 0 Å². The van der Waals surface area contributed by atoms with Crippen LogP contribution < -0.4 is 10.2 Å². The van der Waals surface area contributed by atoms with Gasteiger partial charge < -0.3 is 15.1 Å². The van der Waals surface area contributed by atoms with Gasteiger partial charge in [0.05, 0.1) is 23.0 Å². The van der Waals surface area contributed by atoms with E-state index in [9.17, 15) is 35.9 Å². The highest BCUT2D eigenvalue weighted by molar-refractivity contribution is 6.01. The van der Waals surface area contributed by atoms with Crippen molar-refractivity contribution >= 4 is 17.5 Å². The Morgan fingerprint density at radius 2 is 1.64 bits per heavy atom. The molecule has 3 aliphatic rings. The van der Waals surface area contributed by atoms with Crippen LogP contribution in [0, 0.1) is 11.3 Å². The van der Waals surface area contributed by atoms with Crippen LogP contribution in [0.15, 0.2) is 36.4 Å². The Kier molecular flexibility index (Phi) is 6.93. The first-order chi connectivity index (χ1) is 18.2. The molecule has 1 unspecified atom stereocenters. The van der Waals surface area contributed by atoms with E-state index in [4.69, 9.17) is 0 Å². The lowest BCUT2D eigenvalue weighted by atomic mass is 9.80. The van der Waals surface area contributed by atoms with Crippen molar-refractivity contribution in [2.24, 2.45) is 11.3 Å². The van der Waals surface area contributed by atoms with E-state index in [2.05, 4.69) is 5.32 Å². The highest BCUT2D eigenvalue weighted by atomic mass is 19.4. The van der Waals surface area contributed by atoms with Crippen molar-refractivity contribution in [3.05, 3.63) is 64.2 Å². The summed E-state index contributed by atoms with van der Waals surface area (Å²) in [4.78, 5) is 29.1. The third-order valence-corrected chi connectivity index (χ3v) is 7.98. The third-order valence-electron chi connectivity index (χ3n) is 7.98. The Bertz CT molecular complexity index is 1250. The first kappa shape index (κ1) is 27.5. The number of hydrogen-bond acceptors (Lipinski definition) is 3. The van der Waals surface area contributed by atoms with Gasteiger partial charge in [0.25, 0.3) is 0 Å². The van der Waals surface area contributed by atoms with E-state index in [0.29, 0.717) is 55.2 Å². The summed E-state index contributed by atoms with van der Waals surface area (Å²) in [7, 11) is 1.64. The van der Waals surface area contributed by atoms with Gasteiger partial charge >= 0.3 is 12.4 Å². The summed E-state index contributed by atoms with van der Waals surface area (Å²) in [6.45, 7) is 0.596. The Morgan fingerprint density at radius 3 is 2.21 bits per heavy atom. The number of hydrogen-bond donors (Lipinski definition) is 1. The quantitative estimate of drug-likeness (QED) is 0.458. The number of carbonyl (C=O) groups is 2. The lowest BCUT2D eigenvalue weighted by Crippen LogP contribution is -2.45. The lowest BCUT2D eigenvalue weighted by molar-refractivity contribution is -0.143. The molecule has 5 nitrogen and oxygen atoms in total. The van der Waals surface area contributed by atoms with Crippen molar-refractivity contribution in [2.45, 2.75) is 57.5 Å². The summed E-state index contributed by atoms with van der Waals surface area (Å²) >= 11 is 0. The van der Waals surface area contributed by atoms with Crippen LogP contribution in [0.25, 0.3) is 0 Å². The van der Waals surface area contributed by atoms with E-state index < -0.39 is 35.4 Å². The molecule has 1 N–H and O–H groups in total. The average molecular weight is 554 g/mol. The second-order valence-electron chi connectivity index (χ2n) is 11.0. The standard InChI is InChI=1S/C28H29F6N3O2/c1-36-23-10-18(4-5-20(23)11-24(36)38)14-37(25(39)26(6-7-35-16-26)13-17-2-3-17)15-19-8-21(27(29,30)31)12-22(9-19)28(32,33)34/h4-5,8-10,12,17,35H,2-3,6-7,11,13-16H2,1H3. The Hall–Kier alpha value is -3.08. The number of halogens is 6. The van der Waals surface area contributed by atoms with Gasteiger partial charge in [-0.3, -0.25) is 9.59 Å². The molecule has 1 saturated carbocycles. The number of carbonyl (C=O) groups excluding carboxylic acids is 2. The zero-order valence-electron chi connectivity index (χ0n) is 21.4. The maximum absolute atomic E-state index is 14.1. The van der Waals surface area contributed by atoms with Gasteiger partial charge in [0.2, 0.25) is 11.8 Å². The van der Waals surface area contributed by atoms with Crippen molar-refractivity contribution < 1.29 is 35.9 Å². The number of rotatable bonds is 7. The molecule has 0 radical (unpaired) electrons. The monoisotopic (exact) mass is 553 g/mol. The Morgan fingerprint density at radius 1 is 1.00 bits per heavy atom. The van der Waals surface area contributed by atoms with E-state index in [0.717, 1.165) is 18.4 Å². The highest BCUT2D eigenvalue weighted by Gasteiger charge is 2.47. The van der Waals surface area contributed by atoms with E-state index in [1.54, 1.807) is 25.2 Å². The SMILES string of the molecule is CN1C(=O)Cc2ccc(CN(Cc3cc(C(F)(F)F)cc(C(F)(F)F)c3)C(=O)C3(CC4CC4)CCNC3)cc21. The number of likely N-dealkylation sites (N-methyl/N-ethyl adjacent to an activating group) is 1. The number of nitrogens with one attached hydrogen (secondary N) is 1. The van der Waals surface area contributed by atoms with Crippen LogP contribution in [0.2, 0.25) is 0 Å². The van der Waals surface area contributed by atoms with Crippen LogP contribution in [0.5, 0.6) is 0 Å². The van der Waals surface area contributed by atoms with Crippen molar-refractivity contribution in [1.82, 2.24) is 10.2 Å². The van der Waals surface area contributed by atoms with Gasteiger partial charge in [-0.05, 0) is 66.3 Å². The highest BCUT2D eigenvalue weighted by Crippen LogP contribution is 2.45. The molecule has 11 heteroatoms. The van der Waals surface area contributed by atoms with E-state index in [1.165, 1.54) is 9.80 Å². The summed E-state index contributed by atoms with van der Waals surface area (Å²) < 4.78 is 81.3. The molecular weight excluding hydrogens is 524 g/mol. The molecule has 0 aromatic heterocycles. The van der Waals surface area contributed by atoms with Gasteiger partial charge in [0.15, 0.2) is 0 Å². The molecule has 2 fully saturated rings. The van der Waals surface area contributed by atoms with E-state index in [-0.39, 0.29) is 36.4 Å². The summed E-state index contributed by atoms with van der Waals surface area (Å²) in [6.07, 6.45) is -6.53. The fourth-order valence-corrected chi connectivity index (χ4v) is 5.73. The number of alkyl halides is 6. The van der Waals surface area contributed by atoms with Crippen LogP contribution in [0.4, 0.5) is 32.0 Å². The minimum absolute atomic E-state index is 0.0157. The van der Waals surface area contributed by atoms with Crippen LogP contribution >= 0.6 is 0 Å².